The highest BCUT2D eigenvalue weighted by atomic mass is 14.0. The van der Waals surface area contributed by atoms with Crippen LogP contribution in [0.4, 0.5) is 0 Å². The third-order valence-electron chi connectivity index (χ3n) is 1.50. The minimum absolute atomic E-state index is 0. The summed E-state index contributed by atoms with van der Waals surface area (Å²) in [5.41, 5.74) is 0. The van der Waals surface area contributed by atoms with Gasteiger partial charge in [0.1, 0.15) is 0 Å². The van der Waals surface area contributed by atoms with Crippen molar-refractivity contribution in [2.24, 2.45) is 0 Å². The van der Waals surface area contributed by atoms with E-state index in [1.807, 2.05) is 0 Å². The Morgan fingerprint density at radius 2 is 0.667 bits per heavy atom. The summed E-state index contributed by atoms with van der Waals surface area (Å²) in [5, 5.41) is 0. The van der Waals surface area contributed by atoms with Crippen molar-refractivity contribution in [1.29, 1.82) is 0 Å². The fraction of sp³-hybridized carbons (Fsp3) is 1.00. The van der Waals surface area contributed by atoms with Gasteiger partial charge in [0, 0.05) is 1.43 Å². The van der Waals surface area contributed by atoms with Gasteiger partial charge in [-0.2, -0.15) is 0 Å². The monoisotopic (exact) mass is 87.1 g/mol. The van der Waals surface area contributed by atoms with Crippen molar-refractivity contribution in [3.63, 3.8) is 0 Å². The van der Waals surface area contributed by atoms with E-state index >= 15 is 0 Å². The third kappa shape index (κ3) is 1.00. The number of rotatable bonds is 0. The van der Waals surface area contributed by atoms with Gasteiger partial charge in [0.05, 0.1) is 0 Å². The van der Waals surface area contributed by atoms with Gasteiger partial charge in [0.15, 0.2) is 0 Å². The molecule has 0 aromatic carbocycles. The fourth-order valence-corrected chi connectivity index (χ4v) is 1.06. The molecular formula is C6H14. The Morgan fingerprint density at radius 3 is 0.833 bits per heavy atom. The second-order valence-electron chi connectivity index (χ2n) is 2.12. The molecule has 0 aromatic rings. The summed E-state index contributed by atoms with van der Waals surface area (Å²) < 4.78 is 0. The SMILES string of the molecule is C1CCCCC1.[2HH]. The quantitative estimate of drug-likeness (QED) is 0.426. The van der Waals surface area contributed by atoms with Crippen molar-refractivity contribution < 1.29 is 1.43 Å². The van der Waals surface area contributed by atoms with Crippen molar-refractivity contribution >= 4 is 0 Å². The van der Waals surface area contributed by atoms with Crippen LogP contribution in [0.15, 0.2) is 0 Å². The zero-order valence-electron chi connectivity index (χ0n) is 4.24. The van der Waals surface area contributed by atoms with Crippen LogP contribution in [0.2, 0.25) is 0 Å². The highest BCUT2D eigenvalue weighted by Crippen LogP contribution is 2.15. The molecule has 1 saturated carbocycles. The van der Waals surface area contributed by atoms with E-state index in [4.69, 9.17) is 0 Å². The first-order valence-corrected chi connectivity index (χ1v) is 3.00. The van der Waals surface area contributed by atoms with Gasteiger partial charge in [0.2, 0.25) is 0 Å². The molecule has 6 heavy (non-hydrogen) atoms. The Morgan fingerprint density at radius 1 is 0.500 bits per heavy atom. The van der Waals surface area contributed by atoms with Gasteiger partial charge in [-0.25, -0.2) is 0 Å². The first kappa shape index (κ1) is 4.17. The van der Waals surface area contributed by atoms with E-state index < -0.39 is 0 Å². The molecule has 0 bridgehead atoms. The summed E-state index contributed by atoms with van der Waals surface area (Å²) in [5.74, 6) is 0. The highest BCUT2D eigenvalue weighted by Gasteiger charge is 1.95. The lowest BCUT2D eigenvalue weighted by atomic mass is 10.0. The van der Waals surface area contributed by atoms with Crippen molar-refractivity contribution in [2.45, 2.75) is 38.5 Å². The van der Waals surface area contributed by atoms with Crippen molar-refractivity contribution in [3.05, 3.63) is 0 Å². The molecule has 1 fully saturated rings. The zero-order chi connectivity index (χ0) is 4.24. The molecule has 0 heteroatoms. The smallest absolute Gasteiger partial charge is 0 e. The fourth-order valence-electron chi connectivity index (χ4n) is 1.06. The minimum Gasteiger partial charge on any atom is -0.0533 e. The van der Waals surface area contributed by atoms with E-state index in [1.165, 1.54) is 38.5 Å². The van der Waals surface area contributed by atoms with E-state index in [2.05, 4.69) is 0 Å². The molecule has 0 atom stereocenters. The lowest BCUT2D eigenvalue weighted by Crippen LogP contribution is -1.85. The molecule has 38 valence electrons. The van der Waals surface area contributed by atoms with Crippen LogP contribution < -0.4 is 0 Å². The van der Waals surface area contributed by atoms with E-state index in [0.717, 1.165) is 0 Å². The zero-order valence-corrected chi connectivity index (χ0v) is 4.24. The maximum absolute atomic E-state index is 1.50. The van der Waals surface area contributed by atoms with E-state index in [1.54, 1.807) is 0 Å². The third-order valence-corrected chi connectivity index (χ3v) is 1.50. The van der Waals surface area contributed by atoms with Crippen LogP contribution in [0.5, 0.6) is 0 Å². The average molecular weight is 87.2 g/mol. The Kier molecular flexibility index (Phi) is 1.54. The Bertz CT molecular complexity index is 19.7. The Labute approximate surface area is 41.0 Å². The minimum atomic E-state index is 0. The lowest BCUT2D eigenvalue weighted by molar-refractivity contribution is 0.504. The average Bonchev–Trinajstić information content (AvgIpc) is 1.72. The maximum Gasteiger partial charge on any atom is 0 e. The summed E-state index contributed by atoms with van der Waals surface area (Å²) >= 11 is 0. The van der Waals surface area contributed by atoms with Crippen LogP contribution in [-0.2, 0) is 0 Å². The molecule has 0 amide bonds. The molecule has 1 aliphatic rings. The molecule has 1 aliphatic carbocycles. The van der Waals surface area contributed by atoms with E-state index in [0.29, 0.717) is 0 Å². The summed E-state index contributed by atoms with van der Waals surface area (Å²) in [6.07, 6.45) is 9.00. The van der Waals surface area contributed by atoms with Crippen LogP contribution in [0.25, 0.3) is 0 Å². The van der Waals surface area contributed by atoms with Gasteiger partial charge in [-0.3, -0.25) is 0 Å². The van der Waals surface area contributed by atoms with Gasteiger partial charge in [0.25, 0.3) is 0 Å². The molecule has 0 aromatic heterocycles. The van der Waals surface area contributed by atoms with Gasteiger partial charge in [-0.15, -0.1) is 0 Å². The Hall–Kier alpha value is 0. The molecule has 0 spiro atoms. The van der Waals surface area contributed by atoms with Crippen molar-refractivity contribution in [3.8, 4) is 0 Å². The first-order chi connectivity index (χ1) is 3.00. The van der Waals surface area contributed by atoms with Gasteiger partial charge >= 0.3 is 0 Å². The van der Waals surface area contributed by atoms with Gasteiger partial charge < -0.3 is 0 Å². The molecule has 0 heterocycles. The predicted octanol–water partition coefficient (Wildman–Crippen LogP) is 2.59. The lowest BCUT2D eigenvalue weighted by Gasteiger charge is -2.05. The standard InChI is InChI=1S/C6H12.H2/c1-2-4-6-5-3-1;/h1-6H2;1H/i;1+1. The Balaban J connectivity index is 0.000000360. The van der Waals surface area contributed by atoms with Crippen LogP contribution in [0.3, 0.4) is 0 Å². The number of hydrogen-bond acceptors (Lipinski definition) is 0. The summed E-state index contributed by atoms with van der Waals surface area (Å²) in [7, 11) is 0. The summed E-state index contributed by atoms with van der Waals surface area (Å²) in [4.78, 5) is 0. The first-order valence-electron chi connectivity index (χ1n) is 3.00. The summed E-state index contributed by atoms with van der Waals surface area (Å²) in [6.45, 7) is 0. The molecular weight excluding hydrogens is 72.1 g/mol. The second-order valence-corrected chi connectivity index (χ2v) is 2.12. The second kappa shape index (κ2) is 2.22. The molecule has 0 N–H and O–H groups in total. The maximum atomic E-state index is 1.50. The molecule has 0 radical (unpaired) electrons. The summed E-state index contributed by atoms with van der Waals surface area (Å²) in [6, 6.07) is 0. The molecule has 0 unspecified atom stereocenters. The van der Waals surface area contributed by atoms with Crippen LogP contribution in [-0.4, -0.2) is 0 Å². The molecule has 0 saturated heterocycles. The molecule has 0 nitrogen and oxygen atoms in total. The normalized spacial score (nSPS) is 24.0. The topological polar surface area (TPSA) is 0 Å². The van der Waals surface area contributed by atoms with Crippen LogP contribution >= 0.6 is 0 Å². The van der Waals surface area contributed by atoms with Crippen molar-refractivity contribution in [1.82, 2.24) is 0 Å². The van der Waals surface area contributed by atoms with Gasteiger partial charge in [-0.05, 0) is 0 Å². The largest absolute Gasteiger partial charge is 0.0533 e. The predicted molar refractivity (Wildman–Crippen MR) is 29.8 cm³/mol. The van der Waals surface area contributed by atoms with Gasteiger partial charge in [-0.1, -0.05) is 38.5 Å². The van der Waals surface area contributed by atoms with E-state index in [-0.39, 0.29) is 1.43 Å². The van der Waals surface area contributed by atoms with E-state index in [9.17, 15) is 0 Å². The highest BCUT2D eigenvalue weighted by molar-refractivity contribution is 4.51. The molecule has 1 rings (SSSR count). The van der Waals surface area contributed by atoms with Crippen LogP contribution in [0.1, 0.15) is 40.0 Å². The molecule has 0 aliphatic heterocycles. The van der Waals surface area contributed by atoms with Crippen LogP contribution in [0, 0.1) is 0 Å². The van der Waals surface area contributed by atoms with Crippen molar-refractivity contribution in [2.75, 3.05) is 0 Å². The number of hydrogen-bond donors (Lipinski definition) is 0.